The number of imide groups is 2. The maximum atomic E-state index is 14.0. The molecule has 1 aliphatic carbocycles. The highest BCUT2D eigenvalue weighted by Gasteiger charge is 2.49. The van der Waals surface area contributed by atoms with Gasteiger partial charge in [-0.15, -0.1) is 12.4 Å². The number of nitrogens with zero attached hydrogens (tertiary/aromatic N) is 7. The third-order valence-corrected chi connectivity index (χ3v) is 15.1. The van der Waals surface area contributed by atoms with E-state index in [4.69, 9.17) is 16.3 Å². The number of likely N-dealkylation sites (tertiary alicyclic amines) is 3. The summed E-state index contributed by atoms with van der Waals surface area (Å²) in [7, 11) is 0. The number of carbonyl (C=O) groups excluding carboxylic acids is 7. The molecule has 22 heteroatoms. The average Bonchev–Trinajstić information content (AvgIpc) is 4.01. The van der Waals surface area contributed by atoms with Crippen LogP contribution in [0.5, 0.6) is 0 Å². The van der Waals surface area contributed by atoms with Gasteiger partial charge < -0.3 is 24.4 Å². The second-order valence-electron chi connectivity index (χ2n) is 19.2. The molecule has 5 aliphatic heterocycles. The predicted molar refractivity (Wildman–Crippen MR) is 262 cm³/mol. The van der Waals surface area contributed by atoms with E-state index in [-0.39, 0.29) is 84.5 Å². The van der Waals surface area contributed by atoms with E-state index >= 15 is 0 Å². The summed E-state index contributed by atoms with van der Waals surface area (Å²) >= 11 is 6.20. The van der Waals surface area contributed by atoms with Gasteiger partial charge in [0.25, 0.3) is 17.4 Å². The standard InChI is InChI=1S/C50H54ClFN10O9.ClH/c51-32-4-8-37-38(23-32)54-50(53-37)62-49(70)34(7-3-29-1-5-33(52)6-2-29)45(56-62)31-13-17-60(18-14-31)44(66)28-71-27-43(65)59-15-11-30(12-16-59)26-57-19-21-58(22-20-57)40-24-35-36(25-41(40)63)48(69)61(47(35)68)39-9-10-42(64)55-46(39)67;/h1-2,4-6,8,23-25,30-31,39-40,56H,3,7,9-22,26-28H2,(H,53,54)(H,55,64,67);1H. The molecule has 7 heterocycles. The Morgan fingerprint density at radius 3 is 2.14 bits per heavy atom. The fourth-order valence-corrected chi connectivity index (χ4v) is 11.0. The molecule has 380 valence electrons. The van der Waals surface area contributed by atoms with Crippen LogP contribution in [0.3, 0.4) is 0 Å². The van der Waals surface area contributed by atoms with Crippen LogP contribution in [-0.2, 0) is 51.1 Å². The first-order valence-electron chi connectivity index (χ1n) is 24.3. The van der Waals surface area contributed by atoms with E-state index in [9.17, 15) is 42.7 Å². The minimum absolute atomic E-state index is 0. The second-order valence-corrected chi connectivity index (χ2v) is 19.7. The Morgan fingerprint density at radius 1 is 0.792 bits per heavy atom. The summed E-state index contributed by atoms with van der Waals surface area (Å²) < 4.78 is 20.7. The van der Waals surface area contributed by atoms with Crippen molar-refractivity contribution in [3.63, 3.8) is 0 Å². The molecule has 10 rings (SSSR count). The number of piperidine rings is 3. The van der Waals surface area contributed by atoms with Gasteiger partial charge in [0.15, 0.2) is 5.78 Å². The van der Waals surface area contributed by atoms with Crippen molar-refractivity contribution in [2.24, 2.45) is 5.92 Å². The summed E-state index contributed by atoms with van der Waals surface area (Å²) in [5, 5.41) is 6.05. The molecule has 6 amide bonds. The molecule has 2 aromatic heterocycles. The van der Waals surface area contributed by atoms with Crippen LogP contribution in [-0.4, -0.2) is 170 Å². The quantitative estimate of drug-likeness (QED) is 0.165. The summed E-state index contributed by atoms with van der Waals surface area (Å²) in [6.45, 7) is 5.02. The number of amides is 6. The van der Waals surface area contributed by atoms with Crippen LogP contribution < -0.4 is 10.9 Å². The number of halogens is 3. The number of H-pyrrole nitrogens is 2. The van der Waals surface area contributed by atoms with Crippen molar-refractivity contribution in [2.75, 3.05) is 72.1 Å². The molecule has 0 saturated carbocycles. The lowest BCUT2D eigenvalue weighted by atomic mass is 9.90. The number of imidazole rings is 1. The molecule has 0 bridgehead atoms. The molecule has 72 heavy (non-hydrogen) atoms. The Morgan fingerprint density at radius 2 is 1.46 bits per heavy atom. The van der Waals surface area contributed by atoms with Gasteiger partial charge in [0.1, 0.15) is 25.1 Å². The first-order chi connectivity index (χ1) is 34.3. The highest BCUT2D eigenvalue weighted by molar-refractivity contribution is 6.31. The van der Waals surface area contributed by atoms with Crippen LogP contribution in [0.1, 0.15) is 61.3 Å². The molecule has 2 atom stereocenters. The van der Waals surface area contributed by atoms with Crippen molar-refractivity contribution < 1.29 is 42.7 Å². The zero-order valence-electron chi connectivity index (χ0n) is 39.4. The van der Waals surface area contributed by atoms with E-state index in [0.29, 0.717) is 112 Å². The molecule has 2 unspecified atom stereocenters. The zero-order valence-corrected chi connectivity index (χ0v) is 41.0. The summed E-state index contributed by atoms with van der Waals surface area (Å²) in [5.41, 5.74) is 3.51. The summed E-state index contributed by atoms with van der Waals surface area (Å²) in [5.74, 6) is -2.82. The van der Waals surface area contributed by atoms with Crippen molar-refractivity contribution in [1.29, 1.82) is 0 Å². The SMILES string of the molecule is Cl.O=C1CCC(N2C(=O)C3=CC(=O)C(N4CCN(CC5CCN(C(=O)COCC(=O)N6CCC(c7[nH]n(-c8nc9ccc(Cl)cc9[nH]8)c(=O)c7CCc7ccc(F)cc7)CC6)CC5)CC4)C=C3C2=O)C(=O)N1. The predicted octanol–water partition coefficient (Wildman–Crippen LogP) is 2.60. The summed E-state index contributed by atoms with van der Waals surface area (Å²) in [6, 6.07) is 9.69. The van der Waals surface area contributed by atoms with Gasteiger partial charge in [-0.2, -0.15) is 4.68 Å². The average molecular weight is 1030 g/mol. The number of hydrogen-bond acceptors (Lipinski definition) is 12. The molecule has 3 N–H and O–H groups in total. The Balaban J connectivity index is 0.00000640. The van der Waals surface area contributed by atoms with Crippen molar-refractivity contribution >= 4 is 76.3 Å². The minimum atomic E-state index is -1.10. The largest absolute Gasteiger partial charge is 0.362 e. The van der Waals surface area contributed by atoms with Crippen molar-refractivity contribution in [3.8, 4) is 5.95 Å². The maximum absolute atomic E-state index is 14.0. The van der Waals surface area contributed by atoms with Crippen molar-refractivity contribution in [3.05, 3.63) is 104 Å². The molecule has 4 aromatic rings. The number of hydrogen-bond donors (Lipinski definition) is 3. The molecule has 2 aromatic carbocycles. The van der Waals surface area contributed by atoms with E-state index in [1.54, 1.807) is 46.2 Å². The number of aromatic amines is 2. The van der Waals surface area contributed by atoms with Gasteiger partial charge in [-0.05, 0) is 98.9 Å². The molecule has 5 fully saturated rings. The Labute approximate surface area is 424 Å². The van der Waals surface area contributed by atoms with E-state index in [1.165, 1.54) is 22.9 Å². The summed E-state index contributed by atoms with van der Waals surface area (Å²) in [4.78, 5) is 121. The molecule has 6 aliphatic rings. The number of carbonyl (C=O) groups is 7. The molecular formula is C50H55Cl2FN10O9. The van der Waals surface area contributed by atoms with Gasteiger partial charge in [0.05, 0.1) is 28.2 Å². The van der Waals surface area contributed by atoms with Gasteiger partial charge in [-0.1, -0.05) is 23.7 Å². The maximum Gasteiger partial charge on any atom is 0.277 e. The second kappa shape index (κ2) is 21.4. The lowest BCUT2D eigenvalue weighted by molar-refractivity contribution is -0.149. The van der Waals surface area contributed by atoms with E-state index in [1.807, 2.05) is 4.90 Å². The monoisotopic (exact) mass is 1030 g/mol. The Hall–Kier alpha value is -6.32. The third kappa shape index (κ3) is 10.5. The number of nitrogens with one attached hydrogen (secondary N) is 3. The Kier molecular flexibility index (Phi) is 15.1. The van der Waals surface area contributed by atoms with Gasteiger partial charge in [0.2, 0.25) is 29.6 Å². The van der Waals surface area contributed by atoms with Crippen molar-refractivity contribution in [1.82, 2.24) is 49.6 Å². The topological polar surface area (TPSA) is 223 Å². The molecular weight excluding hydrogens is 975 g/mol. The number of fused-ring (bicyclic) bond motifs is 2. The number of ketones is 1. The van der Waals surface area contributed by atoms with Gasteiger partial charge in [-0.3, -0.25) is 58.6 Å². The number of aromatic nitrogens is 4. The van der Waals surface area contributed by atoms with Gasteiger partial charge >= 0.3 is 0 Å². The summed E-state index contributed by atoms with van der Waals surface area (Å²) in [6.07, 6.45) is 6.59. The highest BCUT2D eigenvalue weighted by Crippen LogP contribution is 2.34. The zero-order chi connectivity index (χ0) is 49.5. The first kappa shape index (κ1) is 50.6. The van der Waals surface area contributed by atoms with Crippen LogP contribution in [0, 0.1) is 11.7 Å². The van der Waals surface area contributed by atoms with Crippen LogP contribution >= 0.6 is 24.0 Å². The fourth-order valence-electron chi connectivity index (χ4n) is 10.8. The van der Waals surface area contributed by atoms with Crippen LogP contribution in [0.2, 0.25) is 5.02 Å². The van der Waals surface area contributed by atoms with E-state index in [0.717, 1.165) is 35.5 Å². The first-order valence-corrected chi connectivity index (χ1v) is 24.7. The lowest BCUT2D eigenvalue weighted by Gasteiger charge is -2.40. The number of piperazine rings is 1. The van der Waals surface area contributed by atoms with E-state index < -0.39 is 35.7 Å². The minimum Gasteiger partial charge on any atom is -0.362 e. The van der Waals surface area contributed by atoms with Crippen LogP contribution in [0.4, 0.5) is 4.39 Å². The fraction of sp³-hybridized carbons (Fsp3) is 0.460. The lowest BCUT2D eigenvalue weighted by Crippen LogP contribution is -2.54. The molecule has 5 saturated heterocycles. The van der Waals surface area contributed by atoms with Crippen LogP contribution in [0.15, 0.2) is 70.6 Å². The molecule has 0 radical (unpaired) electrons. The Bertz CT molecular complexity index is 2930. The van der Waals surface area contributed by atoms with Gasteiger partial charge in [-0.25, -0.2) is 9.37 Å². The smallest absolute Gasteiger partial charge is 0.277 e. The molecule has 19 nitrogen and oxygen atoms in total. The number of rotatable bonds is 13. The van der Waals surface area contributed by atoms with Gasteiger partial charge in [0, 0.05) is 87.5 Å². The normalized spacial score (nSPS) is 21.8. The number of benzene rings is 2. The molecule has 0 spiro atoms. The number of aryl methyl sites for hydroxylation is 1. The number of ether oxygens (including phenoxy) is 1. The van der Waals surface area contributed by atoms with E-state index in [2.05, 4.69) is 25.3 Å². The highest BCUT2D eigenvalue weighted by atomic mass is 35.5. The van der Waals surface area contributed by atoms with Crippen molar-refractivity contribution in [2.45, 2.75) is 69.4 Å². The van der Waals surface area contributed by atoms with Crippen LogP contribution in [0.25, 0.3) is 17.0 Å². The third-order valence-electron chi connectivity index (χ3n) is 14.8.